The first-order valence-electron chi connectivity index (χ1n) is 6.79. The topological polar surface area (TPSA) is 63.6 Å². The van der Waals surface area contributed by atoms with Gasteiger partial charge in [0, 0.05) is 6.08 Å². The van der Waals surface area contributed by atoms with Crippen LogP contribution in [0.4, 0.5) is 0 Å². The van der Waals surface area contributed by atoms with E-state index in [9.17, 15) is 9.59 Å². The number of carboxylic acids is 1. The molecule has 0 unspecified atom stereocenters. The Morgan fingerprint density at radius 2 is 2.05 bits per heavy atom. The fourth-order valence-corrected chi connectivity index (χ4v) is 1.95. The van der Waals surface area contributed by atoms with Crippen LogP contribution in [0.2, 0.25) is 0 Å². The Kier molecular flexibility index (Phi) is 6.50. The van der Waals surface area contributed by atoms with Gasteiger partial charge >= 0.3 is 11.9 Å². The van der Waals surface area contributed by atoms with Crippen molar-refractivity contribution in [2.24, 2.45) is 0 Å². The van der Waals surface area contributed by atoms with E-state index in [1.165, 1.54) is 12.1 Å². The molecule has 4 nitrogen and oxygen atoms in total. The largest absolute Gasteiger partial charge is 0.478 e. The zero-order valence-electron chi connectivity index (χ0n) is 11.7. The number of hydrogen-bond donors (Lipinski definition) is 1. The Morgan fingerprint density at radius 3 is 2.65 bits per heavy atom. The number of hydrogen-bond acceptors (Lipinski definition) is 3. The maximum absolute atomic E-state index is 11.2. The number of esters is 1. The van der Waals surface area contributed by atoms with Crippen LogP contribution in [0.15, 0.2) is 30.9 Å². The summed E-state index contributed by atoms with van der Waals surface area (Å²) in [5, 5.41) is 9.16. The van der Waals surface area contributed by atoms with Crippen molar-refractivity contribution in [1.29, 1.82) is 0 Å². The Balaban J connectivity index is 2.85. The lowest BCUT2D eigenvalue weighted by atomic mass is 10.0. The third kappa shape index (κ3) is 4.88. The van der Waals surface area contributed by atoms with Crippen LogP contribution < -0.4 is 4.74 Å². The summed E-state index contributed by atoms with van der Waals surface area (Å²) in [6, 6.07) is 4.58. The predicted octanol–water partition coefficient (Wildman–Crippen LogP) is 3.60. The summed E-state index contributed by atoms with van der Waals surface area (Å²) >= 11 is 0. The maximum Gasteiger partial charge on any atom is 0.335 e. The summed E-state index contributed by atoms with van der Waals surface area (Å²) in [6.07, 6.45) is 5.99. The summed E-state index contributed by atoms with van der Waals surface area (Å²) < 4.78 is 5.02. The van der Waals surface area contributed by atoms with Crippen molar-refractivity contribution in [3.63, 3.8) is 0 Å². The average molecular weight is 276 g/mol. The number of carbonyl (C=O) groups is 2. The van der Waals surface area contributed by atoms with Gasteiger partial charge in [-0.25, -0.2) is 9.59 Å². The van der Waals surface area contributed by atoms with Crippen LogP contribution in [0.3, 0.4) is 0 Å². The molecule has 0 saturated heterocycles. The van der Waals surface area contributed by atoms with E-state index in [4.69, 9.17) is 9.84 Å². The number of ether oxygens (including phenoxy) is 1. The number of aryl methyl sites for hydroxylation is 1. The third-order valence-electron chi connectivity index (χ3n) is 2.99. The Hall–Kier alpha value is -2.10. The molecule has 0 spiro atoms. The van der Waals surface area contributed by atoms with Gasteiger partial charge in [-0.1, -0.05) is 32.8 Å². The zero-order chi connectivity index (χ0) is 15.0. The second-order valence-corrected chi connectivity index (χ2v) is 4.56. The van der Waals surface area contributed by atoms with Gasteiger partial charge in [0.25, 0.3) is 0 Å². The summed E-state index contributed by atoms with van der Waals surface area (Å²) in [7, 11) is 0. The molecule has 0 heterocycles. The molecule has 0 aliphatic rings. The van der Waals surface area contributed by atoms with Gasteiger partial charge in [-0.15, -0.1) is 0 Å². The molecule has 0 fully saturated rings. The van der Waals surface area contributed by atoms with Gasteiger partial charge < -0.3 is 9.84 Å². The Bertz CT molecular complexity index is 491. The van der Waals surface area contributed by atoms with E-state index in [1.54, 1.807) is 6.07 Å². The summed E-state index contributed by atoms with van der Waals surface area (Å²) in [4.78, 5) is 22.3. The van der Waals surface area contributed by atoms with E-state index in [0.717, 1.165) is 31.8 Å². The fraction of sp³-hybridized carbons (Fsp3) is 0.375. The first-order chi connectivity index (χ1) is 9.58. The molecule has 0 saturated carbocycles. The number of benzene rings is 1. The van der Waals surface area contributed by atoms with Crippen LogP contribution in [0, 0.1) is 0 Å². The average Bonchev–Trinajstić information content (AvgIpc) is 2.43. The van der Waals surface area contributed by atoms with Crippen molar-refractivity contribution in [1.82, 2.24) is 0 Å². The molecule has 0 aliphatic heterocycles. The molecule has 0 aromatic heterocycles. The number of unbranched alkanes of at least 4 members (excludes halogenated alkanes) is 3. The van der Waals surface area contributed by atoms with Crippen LogP contribution in [-0.4, -0.2) is 17.0 Å². The Labute approximate surface area is 119 Å². The van der Waals surface area contributed by atoms with Crippen molar-refractivity contribution < 1.29 is 19.4 Å². The highest BCUT2D eigenvalue weighted by Crippen LogP contribution is 2.21. The smallest absolute Gasteiger partial charge is 0.335 e. The molecule has 0 bridgehead atoms. The highest BCUT2D eigenvalue weighted by Gasteiger charge is 2.12. The molecule has 0 aliphatic carbocycles. The molecule has 108 valence electrons. The Morgan fingerprint density at radius 1 is 1.30 bits per heavy atom. The second kappa shape index (κ2) is 8.15. The highest BCUT2D eigenvalue weighted by atomic mass is 16.5. The van der Waals surface area contributed by atoms with Crippen LogP contribution in [0.5, 0.6) is 5.75 Å². The lowest BCUT2D eigenvalue weighted by Crippen LogP contribution is -2.06. The lowest BCUT2D eigenvalue weighted by Gasteiger charge is -2.09. The number of carboxylic acid groups (broad SMARTS) is 1. The number of rotatable bonds is 8. The lowest BCUT2D eigenvalue weighted by molar-refractivity contribution is -0.128. The van der Waals surface area contributed by atoms with Gasteiger partial charge in [0.1, 0.15) is 5.75 Å². The molecule has 4 heteroatoms. The molecular weight excluding hydrogens is 256 g/mol. The summed E-state index contributed by atoms with van der Waals surface area (Å²) in [5.41, 5.74) is 0.961. The van der Waals surface area contributed by atoms with Crippen molar-refractivity contribution >= 4 is 11.9 Å². The molecule has 0 amide bonds. The quantitative estimate of drug-likeness (QED) is 0.341. The maximum atomic E-state index is 11.2. The van der Waals surface area contributed by atoms with E-state index < -0.39 is 11.9 Å². The molecular formula is C16H20O4. The van der Waals surface area contributed by atoms with Gasteiger partial charge in [-0.3, -0.25) is 0 Å². The van der Waals surface area contributed by atoms with Gasteiger partial charge in [0.05, 0.1) is 5.56 Å². The minimum atomic E-state index is -0.961. The van der Waals surface area contributed by atoms with E-state index in [2.05, 4.69) is 13.5 Å². The first-order valence-corrected chi connectivity index (χ1v) is 6.79. The van der Waals surface area contributed by atoms with Gasteiger partial charge in [0.15, 0.2) is 0 Å². The van der Waals surface area contributed by atoms with E-state index in [1.807, 2.05) is 0 Å². The van der Waals surface area contributed by atoms with Crippen molar-refractivity contribution in [2.45, 2.75) is 39.0 Å². The van der Waals surface area contributed by atoms with Crippen LogP contribution in [-0.2, 0) is 11.2 Å². The van der Waals surface area contributed by atoms with Gasteiger partial charge in [-0.05, 0) is 36.6 Å². The fourth-order valence-electron chi connectivity index (χ4n) is 1.95. The van der Waals surface area contributed by atoms with Crippen LogP contribution >= 0.6 is 0 Å². The summed E-state index contributed by atoms with van der Waals surface area (Å²) in [6.45, 7) is 5.45. The predicted molar refractivity (Wildman–Crippen MR) is 77.1 cm³/mol. The van der Waals surface area contributed by atoms with Crippen molar-refractivity contribution in [3.8, 4) is 5.75 Å². The van der Waals surface area contributed by atoms with E-state index in [-0.39, 0.29) is 5.56 Å². The monoisotopic (exact) mass is 276 g/mol. The minimum absolute atomic E-state index is 0.264. The first kappa shape index (κ1) is 16.0. The minimum Gasteiger partial charge on any atom is -0.478 e. The summed E-state index contributed by atoms with van der Waals surface area (Å²) in [5.74, 6) is -1.16. The molecule has 1 aromatic rings. The van der Waals surface area contributed by atoms with E-state index in [0.29, 0.717) is 17.7 Å². The van der Waals surface area contributed by atoms with Crippen LogP contribution in [0.25, 0.3) is 0 Å². The normalized spacial score (nSPS) is 10.1. The van der Waals surface area contributed by atoms with Crippen LogP contribution in [0.1, 0.15) is 48.5 Å². The molecule has 0 atom stereocenters. The molecule has 20 heavy (non-hydrogen) atoms. The molecule has 1 aromatic carbocycles. The molecule has 0 radical (unpaired) electrons. The molecule has 1 rings (SSSR count). The number of aromatic carboxylic acids is 1. The van der Waals surface area contributed by atoms with E-state index >= 15 is 0 Å². The second-order valence-electron chi connectivity index (χ2n) is 4.56. The zero-order valence-corrected chi connectivity index (χ0v) is 11.7. The highest BCUT2D eigenvalue weighted by molar-refractivity contribution is 5.90. The van der Waals surface area contributed by atoms with Crippen molar-refractivity contribution in [3.05, 3.63) is 42.0 Å². The van der Waals surface area contributed by atoms with Gasteiger partial charge in [0.2, 0.25) is 0 Å². The SMILES string of the molecule is C=CC(=O)Oc1ccc(C(=O)O)c(CCCCCC)c1. The van der Waals surface area contributed by atoms with Crippen molar-refractivity contribution in [2.75, 3.05) is 0 Å². The third-order valence-corrected chi connectivity index (χ3v) is 2.99. The number of carbonyl (C=O) groups excluding carboxylic acids is 1. The standard InChI is InChI=1S/C16H20O4/c1-3-5-6-7-8-12-11-13(20-15(17)4-2)9-10-14(12)16(18)19/h4,9-11H,2-3,5-8H2,1H3,(H,18,19). The van der Waals surface area contributed by atoms with Gasteiger partial charge in [-0.2, -0.15) is 0 Å². The molecule has 1 N–H and O–H groups in total.